The van der Waals surface area contributed by atoms with Crippen LogP contribution >= 0.6 is 0 Å². The third kappa shape index (κ3) is 2.57. The standard InChI is InChI=1S/C9H17N3O2S/c1-4-8(5-2)12-6-9(11-7(12)3)15(10,13)14/h6,8H,4-5H2,1-3H3,(H2,10,13,14). The number of rotatable bonds is 4. The molecule has 1 aromatic rings. The summed E-state index contributed by atoms with van der Waals surface area (Å²) in [5.74, 6) is 0.688. The fourth-order valence-corrected chi connectivity index (χ4v) is 2.17. The number of nitrogens with two attached hydrogens (primary N) is 1. The summed E-state index contributed by atoms with van der Waals surface area (Å²) in [6, 6.07) is 0.285. The molecule has 0 bridgehead atoms. The lowest BCUT2D eigenvalue weighted by atomic mass is 10.2. The molecule has 0 atom stereocenters. The molecule has 1 heterocycles. The van der Waals surface area contributed by atoms with E-state index in [-0.39, 0.29) is 11.1 Å². The first-order chi connectivity index (χ1) is 6.90. The highest BCUT2D eigenvalue weighted by Crippen LogP contribution is 2.19. The first-order valence-corrected chi connectivity index (χ1v) is 6.53. The zero-order valence-corrected chi connectivity index (χ0v) is 10.1. The molecular weight excluding hydrogens is 214 g/mol. The van der Waals surface area contributed by atoms with Gasteiger partial charge in [0.25, 0.3) is 10.0 Å². The monoisotopic (exact) mass is 231 g/mol. The van der Waals surface area contributed by atoms with Gasteiger partial charge in [-0.05, 0) is 19.8 Å². The van der Waals surface area contributed by atoms with Crippen molar-refractivity contribution in [1.82, 2.24) is 9.55 Å². The molecule has 0 saturated heterocycles. The topological polar surface area (TPSA) is 78.0 Å². The molecule has 15 heavy (non-hydrogen) atoms. The Balaban J connectivity index is 3.17. The van der Waals surface area contributed by atoms with E-state index in [9.17, 15) is 8.42 Å². The Morgan fingerprint density at radius 3 is 2.33 bits per heavy atom. The molecule has 0 aromatic carbocycles. The van der Waals surface area contributed by atoms with Crippen LogP contribution < -0.4 is 5.14 Å². The first kappa shape index (κ1) is 12.2. The number of hydrogen-bond acceptors (Lipinski definition) is 3. The zero-order valence-electron chi connectivity index (χ0n) is 9.27. The summed E-state index contributed by atoms with van der Waals surface area (Å²) in [4.78, 5) is 3.95. The molecule has 6 heteroatoms. The fourth-order valence-electron chi connectivity index (χ4n) is 1.65. The van der Waals surface area contributed by atoms with Gasteiger partial charge in [0.05, 0.1) is 0 Å². The average molecular weight is 231 g/mol. The van der Waals surface area contributed by atoms with Crippen LogP contribution in [0.5, 0.6) is 0 Å². The summed E-state index contributed by atoms with van der Waals surface area (Å²) in [5, 5.41) is 4.97. The Hall–Kier alpha value is -0.880. The van der Waals surface area contributed by atoms with Gasteiger partial charge in [0.15, 0.2) is 5.03 Å². The van der Waals surface area contributed by atoms with Gasteiger partial charge < -0.3 is 4.57 Å². The van der Waals surface area contributed by atoms with Crippen LogP contribution in [0.3, 0.4) is 0 Å². The van der Waals surface area contributed by atoms with Crippen LogP contribution in [0.2, 0.25) is 0 Å². The molecule has 0 unspecified atom stereocenters. The average Bonchev–Trinajstić information content (AvgIpc) is 2.50. The quantitative estimate of drug-likeness (QED) is 0.845. The minimum atomic E-state index is -3.69. The normalized spacial score (nSPS) is 12.3. The number of aryl methyl sites for hydroxylation is 1. The summed E-state index contributed by atoms with van der Waals surface area (Å²) in [5.41, 5.74) is 0. The summed E-state index contributed by atoms with van der Waals surface area (Å²) in [7, 11) is -3.69. The molecule has 0 amide bonds. The Kier molecular flexibility index (Phi) is 3.51. The lowest BCUT2D eigenvalue weighted by Gasteiger charge is -2.15. The van der Waals surface area contributed by atoms with E-state index in [1.807, 2.05) is 4.57 Å². The van der Waals surface area contributed by atoms with Gasteiger partial charge in [-0.3, -0.25) is 0 Å². The molecule has 1 aromatic heterocycles. The van der Waals surface area contributed by atoms with Gasteiger partial charge in [0.2, 0.25) is 0 Å². The van der Waals surface area contributed by atoms with Gasteiger partial charge in [-0.1, -0.05) is 13.8 Å². The van der Waals surface area contributed by atoms with Crippen LogP contribution in [0.25, 0.3) is 0 Å². The smallest absolute Gasteiger partial charge is 0.257 e. The highest BCUT2D eigenvalue weighted by Gasteiger charge is 2.17. The van der Waals surface area contributed by atoms with E-state index in [2.05, 4.69) is 18.8 Å². The van der Waals surface area contributed by atoms with Crippen molar-refractivity contribution in [3.05, 3.63) is 12.0 Å². The number of primary sulfonamides is 1. The van der Waals surface area contributed by atoms with Crippen molar-refractivity contribution in [3.8, 4) is 0 Å². The number of nitrogens with zero attached hydrogens (tertiary/aromatic N) is 2. The Bertz CT molecular complexity index is 432. The summed E-state index contributed by atoms with van der Waals surface area (Å²) >= 11 is 0. The molecule has 1 rings (SSSR count). The van der Waals surface area contributed by atoms with Crippen LogP contribution in [-0.2, 0) is 10.0 Å². The maximum absolute atomic E-state index is 11.1. The number of aromatic nitrogens is 2. The van der Waals surface area contributed by atoms with Crippen molar-refractivity contribution < 1.29 is 8.42 Å². The second-order valence-electron chi connectivity index (χ2n) is 3.55. The van der Waals surface area contributed by atoms with Gasteiger partial charge in [0.1, 0.15) is 5.82 Å². The van der Waals surface area contributed by atoms with E-state index in [4.69, 9.17) is 5.14 Å². The van der Waals surface area contributed by atoms with E-state index in [0.29, 0.717) is 5.82 Å². The lowest BCUT2D eigenvalue weighted by molar-refractivity contribution is 0.461. The molecule has 0 radical (unpaired) electrons. The molecule has 0 aliphatic heterocycles. The first-order valence-electron chi connectivity index (χ1n) is 4.98. The van der Waals surface area contributed by atoms with Gasteiger partial charge >= 0.3 is 0 Å². The SMILES string of the molecule is CCC(CC)n1cc(S(N)(=O)=O)nc1C. The molecule has 0 aliphatic carbocycles. The molecule has 5 nitrogen and oxygen atoms in total. The lowest BCUT2D eigenvalue weighted by Crippen LogP contribution is -2.12. The van der Waals surface area contributed by atoms with E-state index < -0.39 is 10.0 Å². The van der Waals surface area contributed by atoms with Gasteiger partial charge in [-0.25, -0.2) is 18.5 Å². The van der Waals surface area contributed by atoms with Crippen molar-refractivity contribution in [1.29, 1.82) is 0 Å². The predicted octanol–water partition coefficient (Wildman–Crippen LogP) is 1.20. The van der Waals surface area contributed by atoms with Crippen molar-refractivity contribution >= 4 is 10.0 Å². The predicted molar refractivity (Wildman–Crippen MR) is 58.0 cm³/mol. The van der Waals surface area contributed by atoms with E-state index in [1.54, 1.807) is 6.92 Å². The van der Waals surface area contributed by atoms with Crippen molar-refractivity contribution in [2.75, 3.05) is 0 Å². The maximum Gasteiger partial charge on any atom is 0.257 e. The van der Waals surface area contributed by atoms with Gasteiger partial charge in [0, 0.05) is 12.2 Å². The van der Waals surface area contributed by atoms with E-state index in [0.717, 1.165) is 12.8 Å². The Morgan fingerprint density at radius 1 is 1.47 bits per heavy atom. The Morgan fingerprint density at radius 2 is 2.00 bits per heavy atom. The number of sulfonamides is 1. The Labute approximate surface area is 90.4 Å². The summed E-state index contributed by atoms with van der Waals surface area (Å²) < 4.78 is 24.1. The van der Waals surface area contributed by atoms with E-state index in [1.165, 1.54) is 6.20 Å². The van der Waals surface area contributed by atoms with Crippen LogP contribution in [0.1, 0.15) is 38.6 Å². The zero-order chi connectivity index (χ0) is 11.6. The molecule has 0 aliphatic rings. The molecular formula is C9H17N3O2S. The molecule has 2 N–H and O–H groups in total. The van der Waals surface area contributed by atoms with E-state index >= 15 is 0 Å². The van der Waals surface area contributed by atoms with Crippen LogP contribution in [0, 0.1) is 6.92 Å². The van der Waals surface area contributed by atoms with Crippen molar-refractivity contribution in [3.63, 3.8) is 0 Å². The highest BCUT2D eigenvalue weighted by molar-refractivity contribution is 7.89. The van der Waals surface area contributed by atoms with Crippen molar-refractivity contribution in [2.45, 2.75) is 44.7 Å². The highest BCUT2D eigenvalue weighted by atomic mass is 32.2. The number of hydrogen-bond donors (Lipinski definition) is 1. The van der Waals surface area contributed by atoms with Crippen LogP contribution in [-0.4, -0.2) is 18.0 Å². The second kappa shape index (κ2) is 4.32. The number of imidazole rings is 1. The molecule has 0 fully saturated rings. The molecule has 86 valence electrons. The molecule has 0 spiro atoms. The summed E-state index contributed by atoms with van der Waals surface area (Å²) in [6.07, 6.45) is 3.40. The van der Waals surface area contributed by atoms with Gasteiger partial charge in [-0.2, -0.15) is 0 Å². The van der Waals surface area contributed by atoms with Crippen molar-refractivity contribution in [2.24, 2.45) is 5.14 Å². The third-order valence-electron chi connectivity index (χ3n) is 2.52. The summed E-state index contributed by atoms with van der Waals surface area (Å²) in [6.45, 7) is 5.90. The second-order valence-corrected chi connectivity index (χ2v) is 5.06. The maximum atomic E-state index is 11.1. The minimum Gasteiger partial charge on any atom is -0.331 e. The van der Waals surface area contributed by atoms with Crippen LogP contribution in [0.15, 0.2) is 11.2 Å². The third-order valence-corrected chi connectivity index (χ3v) is 3.30. The van der Waals surface area contributed by atoms with Crippen LogP contribution in [0.4, 0.5) is 0 Å². The largest absolute Gasteiger partial charge is 0.331 e. The molecule has 0 saturated carbocycles. The fraction of sp³-hybridized carbons (Fsp3) is 0.667. The van der Waals surface area contributed by atoms with Gasteiger partial charge in [-0.15, -0.1) is 0 Å². The minimum absolute atomic E-state index is 0.0492.